The zero-order valence-electron chi connectivity index (χ0n) is 18.4. The average Bonchev–Trinajstić information content (AvgIpc) is 2.70. The molecule has 0 spiro atoms. The molecule has 0 atom stereocenters. The maximum absolute atomic E-state index is 5.57. The highest BCUT2D eigenvalue weighted by Crippen LogP contribution is 2.26. The molecular formula is C22H39N5O. The van der Waals surface area contributed by atoms with E-state index in [9.17, 15) is 0 Å². The van der Waals surface area contributed by atoms with E-state index < -0.39 is 0 Å². The molecule has 0 unspecified atom stereocenters. The van der Waals surface area contributed by atoms with Crippen molar-refractivity contribution < 1.29 is 4.74 Å². The SMILES string of the molecule is CCNC(=NCC1(N(C)C)CCOCC1)NCCN(CC)c1cccc(C)c1. The fraction of sp³-hybridized carbons (Fsp3) is 0.682. The Labute approximate surface area is 171 Å². The third-order valence-corrected chi connectivity index (χ3v) is 5.67. The topological polar surface area (TPSA) is 52.1 Å². The van der Waals surface area contributed by atoms with Gasteiger partial charge in [0.25, 0.3) is 0 Å². The first-order valence-corrected chi connectivity index (χ1v) is 10.6. The van der Waals surface area contributed by atoms with Crippen LogP contribution >= 0.6 is 0 Å². The maximum Gasteiger partial charge on any atom is 0.191 e. The number of hydrogen-bond donors (Lipinski definition) is 2. The molecule has 2 N–H and O–H groups in total. The molecule has 0 aromatic heterocycles. The van der Waals surface area contributed by atoms with Crippen molar-refractivity contribution in [2.75, 3.05) is 64.9 Å². The number of aliphatic imine (C=N–C) groups is 1. The van der Waals surface area contributed by atoms with Crippen LogP contribution < -0.4 is 15.5 Å². The summed E-state index contributed by atoms with van der Waals surface area (Å²) in [5.74, 6) is 0.899. The lowest BCUT2D eigenvalue weighted by atomic mass is 9.89. The molecule has 6 nitrogen and oxygen atoms in total. The van der Waals surface area contributed by atoms with Crippen molar-refractivity contribution >= 4 is 11.6 Å². The Hall–Kier alpha value is -1.79. The lowest BCUT2D eigenvalue weighted by molar-refractivity contribution is -0.00254. The van der Waals surface area contributed by atoms with E-state index in [0.717, 1.165) is 64.7 Å². The van der Waals surface area contributed by atoms with Gasteiger partial charge in [0.15, 0.2) is 5.96 Å². The largest absolute Gasteiger partial charge is 0.381 e. The van der Waals surface area contributed by atoms with Crippen LogP contribution in [0.4, 0.5) is 5.69 Å². The quantitative estimate of drug-likeness (QED) is 0.502. The van der Waals surface area contributed by atoms with Gasteiger partial charge in [-0.1, -0.05) is 12.1 Å². The van der Waals surface area contributed by atoms with E-state index in [0.29, 0.717) is 0 Å². The molecule has 0 aliphatic carbocycles. The van der Waals surface area contributed by atoms with Crippen LogP contribution in [0.25, 0.3) is 0 Å². The molecule has 1 heterocycles. The Morgan fingerprint density at radius 1 is 1.18 bits per heavy atom. The number of nitrogens with one attached hydrogen (secondary N) is 2. The number of hydrogen-bond acceptors (Lipinski definition) is 4. The van der Waals surface area contributed by atoms with Gasteiger partial charge in [-0.2, -0.15) is 0 Å². The van der Waals surface area contributed by atoms with Crippen LogP contribution in [0.15, 0.2) is 29.3 Å². The Kier molecular flexibility index (Phi) is 9.06. The summed E-state index contributed by atoms with van der Waals surface area (Å²) < 4.78 is 5.57. The highest BCUT2D eigenvalue weighted by atomic mass is 16.5. The van der Waals surface area contributed by atoms with Crippen molar-refractivity contribution in [2.24, 2.45) is 4.99 Å². The fourth-order valence-electron chi connectivity index (χ4n) is 3.67. The number of ether oxygens (including phenoxy) is 1. The van der Waals surface area contributed by atoms with E-state index in [1.165, 1.54) is 11.3 Å². The third kappa shape index (κ3) is 6.38. The standard InChI is InChI=1S/C22H39N5O/c1-6-23-21(25-18-22(26(4)5)11-15-28-16-12-22)24-13-14-27(7-2)20-10-8-9-19(3)17-20/h8-10,17H,6-7,11-16,18H2,1-5H3,(H2,23,24,25). The van der Waals surface area contributed by atoms with Crippen LogP contribution in [-0.4, -0.2) is 76.4 Å². The summed E-state index contributed by atoms with van der Waals surface area (Å²) in [6, 6.07) is 8.69. The summed E-state index contributed by atoms with van der Waals surface area (Å²) in [6.07, 6.45) is 2.06. The number of benzene rings is 1. The molecule has 1 aliphatic heterocycles. The van der Waals surface area contributed by atoms with E-state index in [1.54, 1.807) is 0 Å². The average molecular weight is 390 g/mol. The van der Waals surface area contributed by atoms with E-state index in [1.807, 2.05) is 0 Å². The van der Waals surface area contributed by atoms with E-state index in [-0.39, 0.29) is 5.54 Å². The first kappa shape index (κ1) is 22.5. The van der Waals surface area contributed by atoms with Crippen LogP contribution in [-0.2, 0) is 4.74 Å². The van der Waals surface area contributed by atoms with Gasteiger partial charge in [0.05, 0.1) is 6.54 Å². The maximum atomic E-state index is 5.57. The van der Waals surface area contributed by atoms with Gasteiger partial charge < -0.3 is 25.2 Å². The molecule has 1 aromatic carbocycles. The second kappa shape index (κ2) is 11.3. The van der Waals surface area contributed by atoms with Crippen molar-refractivity contribution in [2.45, 2.75) is 39.2 Å². The van der Waals surface area contributed by atoms with Crippen LogP contribution in [0.2, 0.25) is 0 Å². The van der Waals surface area contributed by atoms with E-state index in [4.69, 9.17) is 9.73 Å². The number of likely N-dealkylation sites (N-methyl/N-ethyl adjacent to an activating group) is 2. The molecule has 1 aliphatic rings. The molecule has 0 saturated carbocycles. The molecule has 0 amide bonds. The molecule has 0 bridgehead atoms. The zero-order valence-corrected chi connectivity index (χ0v) is 18.4. The van der Waals surface area contributed by atoms with Gasteiger partial charge in [0.1, 0.15) is 0 Å². The Morgan fingerprint density at radius 2 is 1.93 bits per heavy atom. The summed E-state index contributed by atoms with van der Waals surface area (Å²) in [5.41, 5.74) is 2.67. The third-order valence-electron chi connectivity index (χ3n) is 5.67. The van der Waals surface area contributed by atoms with Crippen molar-refractivity contribution in [3.05, 3.63) is 29.8 Å². The van der Waals surface area contributed by atoms with E-state index >= 15 is 0 Å². The summed E-state index contributed by atoms with van der Waals surface area (Å²) in [7, 11) is 4.31. The highest BCUT2D eigenvalue weighted by molar-refractivity contribution is 5.79. The van der Waals surface area contributed by atoms with Crippen LogP contribution in [0.1, 0.15) is 32.3 Å². The molecular weight excluding hydrogens is 350 g/mol. The van der Waals surface area contributed by atoms with Crippen LogP contribution in [0, 0.1) is 6.92 Å². The predicted molar refractivity (Wildman–Crippen MR) is 120 cm³/mol. The van der Waals surface area contributed by atoms with Gasteiger partial charge in [-0.05, 0) is 65.4 Å². The lowest BCUT2D eigenvalue weighted by Gasteiger charge is -2.41. The van der Waals surface area contributed by atoms with Crippen molar-refractivity contribution in [1.82, 2.24) is 15.5 Å². The molecule has 6 heteroatoms. The monoisotopic (exact) mass is 389 g/mol. The van der Waals surface area contributed by atoms with E-state index in [2.05, 4.69) is 79.6 Å². The minimum absolute atomic E-state index is 0.0949. The summed E-state index contributed by atoms with van der Waals surface area (Å²) in [4.78, 5) is 9.63. The summed E-state index contributed by atoms with van der Waals surface area (Å²) in [6.45, 7) is 12.5. The number of nitrogens with zero attached hydrogens (tertiary/aromatic N) is 3. The highest BCUT2D eigenvalue weighted by Gasteiger charge is 2.34. The molecule has 0 radical (unpaired) electrons. The Morgan fingerprint density at radius 3 is 2.54 bits per heavy atom. The van der Waals surface area contributed by atoms with Gasteiger partial charge in [-0.25, -0.2) is 0 Å². The van der Waals surface area contributed by atoms with Gasteiger partial charge in [0.2, 0.25) is 0 Å². The van der Waals surface area contributed by atoms with Gasteiger partial charge in [-0.3, -0.25) is 4.99 Å². The predicted octanol–water partition coefficient (Wildman–Crippen LogP) is 2.49. The van der Waals surface area contributed by atoms with Gasteiger partial charge in [-0.15, -0.1) is 0 Å². The fourth-order valence-corrected chi connectivity index (χ4v) is 3.67. The number of guanidine groups is 1. The molecule has 2 rings (SSSR count). The second-order valence-electron chi connectivity index (χ2n) is 7.77. The van der Waals surface area contributed by atoms with Gasteiger partial charge in [0, 0.05) is 50.6 Å². The summed E-state index contributed by atoms with van der Waals surface area (Å²) in [5, 5.41) is 6.90. The number of aryl methyl sites for hydroxylation is 1. The van der Waals surface area contributed by atoms with Crippen LogP contribution in [0.3, 0.4) is 0 Å². The minimum atomic E-state index is 0.0949. The van der Waals surface area contributed by atoms with Crippen LogP contribution in [0.5, 0.6) is 0 Å². The minimum Gasteiger partial charge on any atom is -0.381 e. The molecule has 28 heavy (non-hydrogen) atoms. The number of anilines is 1. The smallest absolute Gasteiger partial charge is 0.191 e. The zero-order chi connectivity index (χ0) is 20.4. The van der Waals surface area contributed by atoms with Crippen molar-refractivity contribution in [1.29, 1.82) is 0 Å². The summed E-state index contributed by atoms with van der Waals surface area (Å²) >= 11 is 0. The van der Waals surface area contributed by atoms with Crippen molar-refractivity contribution in [3.8, 4) is 0 Å². The molecule has 1 fully saturated rings. The lowest BCUT2D eigenvalue weighted by Crippen LogP contribution is -2.52. The number of rotatable bonds is 9. The molecule has 1 saturated heterocycles. The molecule has 158 valence electrons. The Bertz CT molecular complexity index is 611. The normalized spacial score (nSPS) is 16.9. The first-order valence-electron chi connectivity index (χ1n) is 10.6. The molecule has 1 aromatic rings. The second-order valence-corrected chi connectivity index (χ2v) is 7.77. The van der Waals surface area contributed by atoms with Gasteiger partial charge >= 0.3 is 0 Å². The van der Waals surface area contributed by atoms with Crippen molar-refractivity contribution in [3.63, 3.8) is 0 Å². The Balaban J connectivity index is 1.95. The first-order chi connectivity index (χ1) is 13.5.